The summed E-state index contributed by atoms with van der Waals surface area (Å²) in [5, 5.41) is 17.7. The van der Waals surface area contributed by atoms with Gasteiger partial charge in [-0.25, -0.2) is 14.8 Å². The molecule has 2 N–H and O–H groups in total. The number of carboxylic acids is 1. The van der Waals surface area contributed by atoms with Crippen LogP contribution < -0.4 is 4.90 Å². The van der Waals surface area contributed by atoms with Crippen LogP contribution in [0.1, 0.15) is 10.5 Å². The first-order valence-electron chi connectivity index (χ1n) is 5.84. The van der Waals surface area contributed by atoms with Gasteiger partial charge < -0.3 is 15.1 Å². The van der Waals surface area contributed by atoms with Crippen LogP contribution in [0.15, 0.2) is 12.4 Å². The molecule has 0 spiro atoms. The third kappa shape index (κ3) is 2.93. The zero-order chi connectivity index (χ0) is 13.0. The number of β-amino-alcohol motifs (C(OH)–C–C–N with tert-alkyl or cyclic N) is 1. The highest BCUT2D eigenvalue weighted by molar-refractivity contribution is 5.86. The minimum atomic E-state index is -1.04. The van der Waals surface area contributed by atoms with Gasteiger partial charge in [-0.2, -0.15) is 0 Å². The molecule has 1 saturated heterocycles. The Morgan fingerprint density at radius 1 is 1.28 bits per heavy atom. The summed E-state index contributed by atoms with van der Waals surface area (Å²) in [7, 11) is 0. The number of rotatable bonds is 4. The number of anilines is 1. The molecule has 0 bridgehead atoms. The summed E-state index contributed by atoms with van der Waals surface area (Å²) in [6.45, 7) is 4.07. The number of aliphatic hydroxyl groups excluding tert-OH is 1. The van der Waals surface area contributed by atoms with Gasteiger partial charge >= 0.3 is 5.97 Å². The van der Waals surface area contributed by atoms with Gasteiger partial charge in [0.25, 0.3) is 0 Å². The Labute approximate surface area is 105 Å². The third-order valence-corrected chi connectivity index (χ3v) is 2.98. The molecule has 0 aromatic carbocycles. The van der Waals surface area contributed by atoms with Gasteiger partial charge in [-0.3, -0.25) is 4.90 Å². The molecule has 0 atom stereocenters. The number of carboxylic acid groups (broad SMARTS) is 1. The molecule has 98 valence electrons. The smallest absolute Gasteiger partial charge is 0.354 e. The summed E-state index contributed by atoms with van der Waals surface area (Å²) in [4.78, 5) is 22.8. The van der Waals surface area contributed by atoms with Gasteiger partial charge in [0, 0.05) is 38.8 Å². The SMILES string of the molecule is O=C(O)c1cc(N2CCN(CCO)CC2)ncn1. The zero-order valence-electron chi connectivity index (χ0n) is 9.99. The molecule has 1 aromatic heterocycles. The predicted octanol–water partition coefficient (Wildman–Crippen LogP) is -0.711. The molecule has 0 saturated carbocycles. The van der Waals surface area contributed by atoms with Crippen molar-refractivity contribution in [2.45, 2.75) is 0 Å². The molecule has 1 aliphatic heterocycles. The summed E-state index contributed by atoms with van der Waals surface area (Å²) in [6.07, 6.45) is 1.28. The van der Waals surface area contributed by atoms with Crippen molar-refractivity contribution in [2.24, 2.45) is 0 Å². The van der Waals surface area contributed by atoms with E-state index in [0.29, 0.717) is 12.4 Å². The van der Waals surface area contributed by atoms with E-state index in [9.17, 15) is 4.79 Å². The van der Waals surface area contributed by atoms with Crippen LogP contribution in [0.25, 0.3) is 0 Å². The van der Waals surface area contributed by atoms with Crippen molar-refractivity contribution in [2.75, 3.05) is 44.2 Å². The first-order valence-corrected chi connectivity index (χ1v) is 5.84. The molecule has 0 amide bonds. The maximum Gasteiger partial charge on any atom is 0.354 e. The van der Waals surface area contributed by atoms with Gasteiger partial charge in [0.2, 0.25) is 0 Å². The van der Waals surface area contributed by atoms with E-state index in [1.54, 1.807) is 0 Å². The van der Waals surface area contributed by atoms with Gasteiger partial charge in [0.1, 0.15) is 12.1 Å². The molecule has 2 rings (SSSR count). The number of aliphatic hydroxyl groups is 1. The Balaban J connectivity index is 2.01. The lowest BCUT2D eigenvalue weighted by atomic mass is 10.3. The van der Waals surface area contributed by atoms with E-state index in [2.05, 4.69) is 14.9 Å². The Hall–Kier alpha value is -1.73. The molecule has 1 aliphatic rings. The molecule has 7 heteroatoms. The maximum atomic E-state index is 10.8. The number of piperazine rings is 1. The molecule has 0 radical (unpaired) electrons. The highest BCUT2D eigenvalue weighted by Crippen LogP contribution is 2.13. The van der Waals surface area contributed by atoms with Crippen LogP contribution in [0, 0.1) is 0 Å². The number of hydrogen-bond acceptors (Lipinski definition) is 6. The van der Waals surface area contributed by atoms with Crippen LogP contribution in [0.5, 0.6) is 0 Å². The molecule has 1 fully saturated rings. The van der Waals surface area contributed by atoms with E-state index in [4.69, 9.17) is 10.2 Å². The quantitative estimate of drug-likeness (QED) is 0.731. The topological polar surface area (TPSA) is 89.8 Å². The summed E-state index contributed by atoms with van der Waals surface area (Å²) < 4.78 is 0. The third-order valence-electron chi connectivity index (χ3n) is 2.98. The number of nitrogens with zero attached hydrogens (tertiary/aromatic N) is 4. The Bertz CT molecular complexity index is 419. The van der Waals surface area contributed by atoms with E-state index in [1.165, 1.54) is 12.4 Å². The lowest BCUT2D eigenvalue weighted by molar-refractivity contribution is 0.0690. The predicted molar refractivity (Wildman–Crippen MR) is 64.7 cm³/mol. The summed E-state index contributed by atoms with van der Waals surface area (Å²) in [6, 6.07) is 1.49. The second kappa shape index (κ2) is 5.74. The van der Waals surface area contributed by atoms with Crippen molar-refractivity contribution in [1.82, 2.24) is 14.9 Å². The largest absolute Gasteiger partial charge is 0.477 e. The normalized spacial score (nSPS) is 16.8. The molecule has 7 nitrogen and oxygen atoms in total. The van der Waals surface area contributed by atoms with Crippen molar-refractivity contribution >= 4 is 11.8 Å². The molecular weight excluding hydrogens is 236 g/mol. The van der Waals surface area contributed by atoms with Crippen molar-refractivity contribution in [3.63, 3.8) is 0 Å². The minimum absolute atomic E-state index is 0.0118. The average molecular weight is 252 g/mol. The van der Waals surface area contributed by atoms with E-state index in [0.717, 1.165) is 26.2 Å². The molecule has 0 aliphatic carbocycles. The number of hydrogen-bond donors (Lipinski definition) is 2. The summed E-state index contributed by atoms with van der Waals surface area (Å²) in [5.74, 6) is -0.399. The Morgan fingerprint density at radius 3 is 2.61 bits per heavy atom. The number of aromatic carboxylic acids is 1. The lowest BCUT2D eigenvalue weighted by Gasteiger charge is -2.34. The van der Waals surface area contributed by atoms with Gasteiger partial charge in [-0.15, -0.1) is 0 Å². The highest BCUT2D eigenvalue weighted by atomic mass is 16.4. The molecule has 0 unspecified atom stereocenters. The zero-order valence-corrected chi connectivity index (χ0v) is 9.99. The monoisotopic (exact) mass is 252 g/mol. The van der Waals surface area contributed by atoms with Crippen LogP contribution >= 0.6 is 0 Å². The van der Waals surface area contributed by atoms with E-state index >= 15 is 0 Å². The first kappa shape index (κ1) is 12.7. The average Bonchev–Trinajstić information content (AvgIpc) is 2.40. The highest BCUT2D eigenvalue weighted by Gasteiger charge is 2.18. The summed E-state index contributed by atoms with van der Waals surface area (Å²) >= 11 is 0. The second-order valence-corrected chi connectivity index (χ2v) is 4.12. The maximum absolute atomic E-state index is 10.8. The van der Waals surface area contributed by atoms with E-state index in [1.807, 2.05) is 4.90 Å². The fourth-order valence-corrected chi connectivity index (χ4v) is 1.98. The first-order chi connectivity index (χ1) is 8.70. The van der Waals surface area contributed by atoms with Crippen LogP contribution in [-0.2, 0) is 0 Å². The van der Waals surface area contributed by atoms with Gasteiger partial charge in [-0.05, 0) is 0 Å². The van der Waals surface area contributed by atoms with E-state index < -0.39 is 5.97 Å². The van der Waals surface area contributed by atoms with Crippen molar-refractivity contribution < 1.29 is 15.0 Å². The molecule has 1 aromatic rings. The van der Waals surface area contributed by atoms with Crippen molar-refractivity contribution in [1.29, 1.82) is 0 Å². The van der Waals surface area contributed by atoms with Crippen LogP contribution in [0.4, 0.5) is 5.82 Å². The summed E-state index contributed by atoms with van der Waals surface area (Å²) in [5.41, 5.74) is 0.0118. The van der Waals surface area contributed by atoms with Crippen LogP contribution in [0.3, 0.4) is 0 Å². The minimum Gasteiger partial charge on any atom is -0.477 e. The van der Waals surface area contributed by atoms with E-state index in [-0.39, 0.29) is 12.3 Å². The van der Waals surface area contributed by atoms with Gasteiger partial charge in [0.05, 0.1) is 6.61 Å². The second-order valence-electron chi connectivity index (χ2n) is 4.12. The van der Waals surface area contributed by atoms with Crippen LogP contribution in [-0.4, -0.2) is 70.4 Å². The van der Waals surface area contributed by atoms with Crippen molar-refractivity contribution in [3.05, 3.63) is 18.1 Å². The Morgan fingerprint density at radius 2 is 2.00 bits per heavy atom. The lowest BCUT2D eigenvalue weighted by Crippen LogP contribution is -2.47. The molecule has 2 heterocycles. The molecular formula is C11H16N4O3. The Kier molecular flexibility index (Phi) is 4.06. The van der Waals surface area contributed by atoms with Crippen molar-refractivity contribution in [3.8, 4) is 0 Å². The number of aromatic nitrogens is 2. The van der Waals surface area contributed by atoms with Crippen LogP contribution in [0.2, 0.25) is 0 Å². The van der Waals surface area contributed by atoms with Gasteiger partial charge in [0.15, 0.2) is 5.69 Å². The fraction of sp³-hybridized carbons (Fsp3) is 0.545. The van der Waals surface area contributed by atoms with Gasteiger partial charge in [-0.1, -0.05) is 0 Å². The fourth-order valence-electron chi connectivity index (χ4n) is 1.98. The number of carbonyl (C=O) groups is 1. The molecule has 18 heavy (non-hydrogen) atoms. The standard InChI is InChI=1S/C11H16N4O3/c16-6-5-14-1-3-15(4-2-14)10-7-9(11(17)18)12-8-13-10/h7-8,16H,1-6H2,(H,17,18).